The Hall–Kier alpha value is -1.09. The van der Waals surface area contributed by atoms with Crippen LogP contribution in [-0.4, -0.2) is 24.9 Å². The number of benzene rings is 1. The molecular formula is C12H15N3O2S3. The Balaban J connectivity index is 1.77. The largest absolute Gasteiger partial charge is 0.399 e. The fourth-order valence-electron chi connectivity index (χ4n) is 1.45. The zero-order valence-corrected chi connectivity index (χ0v) is 13.1. The summed E-state index contributed by atoms with van der Waals surface area (Å²) in [5, 5.41) is 1.82. The third-order valence-corrected chi connectivity index (χ3v) is 5.65. The monoisotopic (exact) mass is 329 g/mol. The highest BCUT2D eigenvalue weighted by atomic mass is 32.2. The van der Waals surface area contributed by atoms with E-state index >= 15 is 0 Å². The van der Waals surface area contributed by atoms with Crippen molar-refractivity contribution >= 4 is 38.8 Å². The summed E-state index contributed by atoms with van der Waals surface area (Å²) in [4.78, 5) is 5.00. The van der Waals surface area contributed by atoms with E-state index in [1.54, 1.807) is 11.6 Å². The fraction of sp³-hybridized carbons (Fsp3) is 0.250. The van der Waals surface area contributed by atoms with Gasteiger partial charge in [-0.15, -0.1) is 23.1 Å². The highest BCUT2D eigenvalue weighted by Gasteiger charge is 2.10. The van der Waals surface area contributed by atoms with Gasteiger partial charge in [0, 0.05) is 21.7 Å². The molecule has 0 aliphatic carbocycles. The smallest absolute Gasteiger partial charge is 0.212 e. The molecule has 2 aromatic rings. The van der Waals surface area contributed by atoms with E-state index in [2.05, 4.69) is 9.71 Å². The number of hydrogen-bond donors (Lipinski definition) is 2. The normalized spacial score (nSPS) is 11.6. The first kappa shape index (κ1) is 15.3. The minimum absolute atomic E-state index is 0.0661. The number of aromatic nitrogens is 1. The van der Waals surface area contributed by atoms with Crippen LogP contribution in [0.4, 0.5) is 5.69 Å². The van der Waals surface area contributed by atoms with Crippen molar-refractivity contribution in [2.24, 2.45) is 0 Å². The lowest BCUT2D eigenvalue weighted by atomic mass is 10.3. The molecule has 8 heteroatoms. The van der Waals surface area contributed by atoms with Gasteiger partial charge in [0.1, 0.15) is 0 Å². The number of thioether (sulfide) groups is 1. The fourth-order valence-corrected chi connectivity index (χ4v) is 4.37. The van der Waals surface area contributed by atoms with Crippen molar-refractivity contribution in [1.29, 1.82) is 0 Å². The molecule has 108 valence electrons. The number of anilines is 1. The number of thiazole rings is 1. The van der Waals surface area contributed by atoms with Gasteiger partial charge >= 0.3 is 0 Å². The van der Waals surface area contributed by atoms with Crippen molar-refractivity contribution in [2.45, 2.75) is 11.4 Å². The van der Waals surface area contributed by atoms with Gasteiger partial charge in [0.15, 0.2) is 0 Å². The summed E-state index contributed by atoms with van der Waals surface area (Å²) in [6.45, 7) is 0.245. The number of nitrogens with two attached hydrogens (primary N) is 1. The van der Waals surface area contributed by atoms with E-state index in [1.807, 2.05) is 23.6 Å². The summed E-state index contributed by atoms with van der Waals surface area (Å²) in [7, 11) is -3.28. The van der Waals surface area contributed by atoms with Gasteiger partial charge < -0.3 is 5.73 Å². The van der Waals surface area contributed by atoms with Crippen LogP contribution < -0.4 is 10.5 Å². The average Bonchev–Trinajstić information content (AvgIpc) is 2.89. The third kappa shape index (κ3) is 5.12. The molecule has 0 amide bonds. The highest BCUT2D eigenvalue weighted by molar-refractivity contribution is 8.00. The summed E-state index contributed by atoms with van der Waals surface area (Å²) in [6, 6.07) is 7.40. The number of nitrogens with one attached hydrogen (secondary N) is 1. The Labute approximate surface area is 126 Å². The molecule has 3 N–H and O–H groups in total. The van der Waals surface area contributed by atoms with Crippen LogP contribution in [0.15, 0.2) is 40.1 Å². The summed E-state index contributed by atoms with van der Waals surface area (Å²) >= 11 is 2.92. The van der Waals surface area contributed by atoms with Crippen LogP contribution in [0, 0.1) is 0 Å². The van der Waals surface area contributed by atoms with E-state index in [0.29, 0.717) is 11.4 Å². The van der Waals surface area contributed by atoms with Crippen molar-refractivity contribution in [3.8, 4) is 0 Å². The zero-order valence-electron chi connectivity index (χ0n) is 10.7. The molecule has 20 heavy (non-hydrogen) atoms. The van der Waals surface area contributed by atoms with Crippen molar-refractivity contribution in [3.05, 3.63) is 40.8 Å². The van der Waals surface area contributed by atoms with Crippen molar-refractivity contribution in [3.63, 3.8) is 0 Å². The molecule has 0 bridgehead atoms. The molecule has 0 saturated heterocycles. The third-order valence-electron chi connectivity index (χ3n) is 2.44. The van der Waals surface area contributed by atoms with Gasteiger partial charge in [0.25, 0.3) is 0 Å². The summed E-state index contributed by atoms with van der Waals surface area (Å²) in [6.07, 6.45) is 0. The Bertz CT molecular complexity index is 642. The van der Waals surface area contributed by atoms with E-state index in [4.69, 9.17) is 5.73 Å². The minimum atomic E-state index is -3.28. The second-order valence-electron chi connectivity index (χ2n) is 4.04. The first-order chi connectivity index (χ1) is 9.55. The van der Waals surface area contributed by atoms with Crippen LogP contribution >= 0.6 is 23.1 Å². The Morgan fingerprint density at radius 3 is 2.95 bits per heavy atom. The maximum atomic E-state index is 11.8. The van der Waals surface area contributed by atoms with Crippen molar-refractivity contribution in [2.75, 3.05) is 17.2 Å². The number of sulfonamides is 1. The molecule has 0 radical (unpaired) electrons. The Morgan fingerprint density at radius 1 is 1.40 bits per heavy atom. The minimum Gasteiger partial charge on any atom is -0.399 e. The van der Waals surface area contributed by atoms with Crippen LogP contribution in [0.25, 0.3) is 0 Å². The van der Waals surface area contributed by atoms with Crippen LogP contribution in [-0.2, 0) is 16.6 Å². The molecular weight excluding hydrogens is 314 g/mol. The Kier molecular flexibility index (Phi) is 5.41. The van der Waals surface area contributed by atoms with Crippen LogP contribution in [0.5, 0.6) is 0 Å². The maximum Gasteiger partial charge on any atom is 0.212 e. The lowest BCUT2D eigenvalue weighted by Gasteiger charge is -2.05. The molecule has 2 rings (SSSR count). The number of rotatable bonds is 7. The Morgan fingerprint density at radius 2 is 2.25 bits per heavy atom. The molecule has 0 aliphatic rings. The van der Waals surface area contributed by atoms with E-state index in [-0.39, 0.29) is 12.3 Å². The molecule has 0 aliphatic heterocycles. The van der Waals surface area contributed by atoms with Crippen LogP contribution in [0.3, 0.4) is 0 Å². The SMILES string of the molecule is Nc1cccc(SCCS(=O)(=O)NCc2cscn2)c1. The highest BCUT2D eigenvalue weighted by Crippen LogP contribution is 2.20. The summed E-state index contributed by atoms with van der Waals surface area (Å²) in [5.41, 5.74) is 8.77. The van der Waals surface area contributed by atoms with Gasteiger partial charge in [-0.3, -0.25) is 0 Å². The van der Waals surface area contributed by atoms with Crippen LogP contribution in [0.2, 0.25) is 0 Å². The number of nitrogen functional groups attached to an aromatic ring is 1. The molecule has 0 fully saturated rings. The second-order valence-corrected chi connectivity index (χ2v) is 7.85. The van der Waals surface area contributed by atoms with Gasteiger partial charge in [-0.2, -0.15) is 0 Å². The lowest BCUT2D eigenvalue weighted by molar-refractivity contribution is 0.582. The molecule has 5 nitrogen and oxygen atoms in total. The molecule has 1 heterocycles. The lowest BCUT2D eigenvalue weighted by Crippen LogP contribution is -2.27. The van der Waals surface area contributed by atoms with Gasteiger partial charge in [-0.1, -0.05) is 6.07 Å². The topological polar surface area (TPSA) is 85.1 Å². The van der Waals surface area contributed by atoms with E-state index in [0.717, 1.165) is 10.6 Å². The molecule has 0 atom stereocenters. The average molecular weight is 329 g/mol. The van der Waals surface area contributed by atoms with E-state index in [9.17, 15) is 8.42 Å². The maximum absolute atomic E-state index is 11.8. The number of nitrogens with zero attached hydrogens (tertiary/aromatic N) is 1. The zero-order chi connectivity index (χ0) is 14.4. The predicted octanol–water partition coefficient (Wildman–Crippen LogP) is 1.94. The second kappa shape index (κ2) is 7.07. The standard InChI is InChI=1S/C12H15N3O2S3/c13-10-2-1-3-12(6-10)19-4-5-20(16,17)15-7-11-8-18-9-14-11/h1-3,6,8-9,15H,4-5,7,13H2. The first-order valence-corrected chi connectivity index (χ1v) is 9.46. The summed E-state index contributed by atoms with van der Waals surface area (Å²) < 4.78 is 26.2. The number of hydrogen-bond acceptors (Lipinski definition) is 6. The molecule has 1 aromatic heterocycles. The predicted molar refractivity (Wildman–Crippen MR) is 84.3 cm³/mol. The van der Waals surface area contributed by atoms with Crippen LogP contribution in [0.1, 0.15) is 5.69 Å². The van der Waals surface area contributed by atoms with Gasteiger partial charge in [0.2, 0.25) is 10.0 Å². The van der Waals surface area contributed by atoms with E-state index < -0.39 is 10.0 Å². The van der Waals surface area contributed by atoms with Gasteiger partial charge in [-0.05, 0) is 18.2 Å². The quantitative estimate of drug-likeness (QED) is 0.599. The van der Waals surface area contributed by atoms with Gasteiger partial charge in [0.05, 0.1) is 23.5 Å². The molecule has 0 spiro atoms. The first-order valence-electron chi connectivity index (χ1n) is 5.88. The molecule has 1 aromatic carbocycles. The molecule has 0 saturated carbocycles. The van der Waals surface area contributed by atoms with Crippen molar-refractivity contribution in [1.82, 2.24) is 9.71 Å². The van der Waals surface area contributed by atoms with Gasteiger partial charge in [-0.25, -0.2) is 18.1 Å². The van der Waals surface area contributed by atoms with Crippen molar-refractivity contribution < 1.29 is 8.42 Å². The molecule has 0 unspecified atom stereocenters. The summed E-state index contributed by atoms with van der Waals surface area (Å²) in [5.74, 6) is 0.548. The van der Waals surface area contributed by atoms with E-state index in [1.165, 1.54) is 23.1 Å².